The van der Waals surface area contributed by atoms with Crippen LogP contribution in [-0.4, -0.2) is 11.5 Å². The van der Waals surface area contributed by atoms with Crippen molar-refractivity contribution in [3.05, 3.63) is 64.2 Å². The molecular formula is C16H18ClFN2. The molecule has 106 valence electrons. The second-order valence-electron chi connectivity index (χ2n) is 4.79. The van der Waals surface area contributed by atoms with Crippen molar-refractivity contribution in [3.63, 3.8) is 0 Å². The molecule has 0 spiro atoms. The molecule has 20 heavy (non-hydrogen) atoms. The van der Waals surface area contributed by atoms with E-state index in [2.05, 4.69) is 10.3 Å². The molecule has 2 rings (SSSR count). The van der Waals surface area contributed by atoms with Gasteiger partial charge < -0.3 is 5.32 Å². The lowest BCUT2D eigenvalue weighted by molar-refractivity contribution is 0.518. The maximum atomic E-state index is 14.0. The first-order valence-corrected chi connectivity index (χ1v) is 7.08. The zero-order valence-electron chi connectivity index (χ0n) is 11.7. The SMILES string of the molecule is CCNC(Cc1cccc(Cl)c1F)c1cc(C)ccn1. The molecule has 0 aliphatic heterocycles. The fraction of sp³-hybridized carbons (Fsp3) is 0.312. The Morgan fingerprint density at radius 2 is 2.15 bits per heavy atom. The van der Waals surface area contributed by atoms with E-state index in [9.17, 15) is 4.39 Å². The first kappa shape index (κ1) is 14.9. The van der Waals surface area contributed by atoms with Gasteiger partial charge in [-0.1, -0.05) is 30.7 Å². The van der Waals surface area contributed by atoms with Crippen LogP contribution in [0, 0.1) is 12.7 Å². The lowest BCUT2D eigenvalue weighted by Crippen LogP contribution is -2.24. The highest BCUT2D eigenvalue weighted by atomic mass is 35.5. The summed E-state index contributed by atoms with van der Waals surface area (Å²) >= 11 is 5.83. The summed E-state index contributed by atoms with van der Waals surface area (Å²) in [5.41, 5.74) is 2.67. The van der Waals surface area contributed by atoms with E-state index < -0.39 is 0 Å². The number of nitrogens with zero attached hydrogens (tertiary/aromatic N) is 1. The Morgan fingerprint density at radius 3 is 2.85 bits per heavy atom. The minimum Gasteiger partial charge on any atom is -0.309 e. The maximum Gasteiger partial charge on any atom is 0.145 e. The molecule has 0 bridgehead atoms. The Morgan fingerprint density at radius 1 is 1.35 bits per heavy atom. The van der Waals surface area contributed by atoms with E-state index in [1.165, 1.54) is 0 Å². The molecule has 2 aromatic rings. The van der Waals surface area contributed by atoms with E-state index >= 15 is 0 Å². The molecular weight excluding hydrogens is 275 g/mol. The standard InChI is InChI=1S/C16H18ClFN2/c1-3-19-15(14-9-11(2)7-8-20-14)10-12-5-4-6-13(17)16(12)18/h4-9,15,19H,3,10H2,1-2H3. The zero-order chi connectivity index (χ0) is 14.5. The number of aromatic nitrogens is 1. The summed E-state index contributed by atoms with van der Waals surface area (Å²) in [7, 11) is 0. The second kappa shape index (κ2) is 6.82. The number of hydrogen-bond donors (Lipinski definition) is 1. The predicted molar refractivity (Wildman–Crippen MR) is 80.5 cm³/mol. The monoisotopic (exact) mass is 292 g/mol. The molecule has 1 heterocycles. The van der Waals surface area contributed by atoms with Crippen molar-refractivity contribution >= 4 is 11.6 Å². The second-order valence-corrected chi connectivity index (χ2v) is 5.19. The van der Waals surface area contributed by atoms with Crippen LogP contribution < -0.4 is 5.32 Å². The summed E-state index contributed by atoms with van der Waals surface area (Å²) in [5, 5.41) is 3.51. The van der Waals surface area contributed by atoms with Crippen LogP contribution in [0.2, 0.25) is 5.02 Å². The highest BCUT2D eigenvalue weighted by Gasteiger charge is 2.16. The quantitative estimate of drug-likeness (QED) is 0.898. The number of nitrogens with one attached hydrogen (secondary N) is 1. The summed E-state index contributed by atoms with van der Waals surface area (Å²) in [6, 6.07) is 9.05. The highest BCUT2D eigenvalue weighted by molar-refractivity contribution is 6.30. The van der Waals surface area contributed by atoms with E-state index in [1.54, 1.807) is 24.4 Å². The van der Waals surface area contributed by atoms with Gasteiger partial charge in [0.05, 0.1) is 16.8 Å². The topological polar surface area (TPSA) is 24.9 Å². The van der Waals surface area contributed by atoms with Crippen LogP contribution in [0.5, 0.6) is 0 Å². The van der Waals surface area contributed by atoms with Gasteiger partial charge in [0.2, 0.25) is 0 Å². The lowest BCUT2D eigenvalue weighted by Gasteiger charge is -2.18. The Hall–Kier alpha value is -1.45. The number of rotatable bonds is 5. The van der Waals surface area contributed by atoms with Crippen LogP contribution >= 0.6 is 11.6 Å². The zero-order valence-corrected chi connectivity index (χ0v) is 12.4. The average molecular weight is 293 g/mol. The minimum absolute atomic E-state index is 0.0205. The first-order chi connectivity index (χ1) is 9.61. The first-order valence-electron chi connectivity index (χ1n) is 6.70. The number of aryl methyl sites for hydroxylation is 1. The van der Waals surface area contributed by atoms with Gasteiger partial charge in [0.1, 0.15) is 5.82 Å². The predicted octanol–water partition coefficient (Wildman–Crippen LogP) is 4.08. The molecule has 2 nitrogen and oxygen atoms in total. The van der Waals surface area contributed by atoms with Crippen molar-refractivity contribution in [2.24, 2.45) is 0 Å². The van der Waals surface area contributed by atoms with E-state index in [0.29, 0.717) is 12.0 Å². The van der Waals surface area contributed by atoms with Crippen LogP contribution in [0.25, 0.3) is 0 Å². The fourth-order valence-electron chi connectivity index (χ4n) is 2.20. The molecule has 0 aliphatic carbocycles. The van der Waals surface area contributed by atoms with Gasteiger partial charge in [0.25, 0.3) is 0 Å². The molecule has 1 unspecified atom stereocenters. The number of benzene rings is 1. The number of likely N-dealkylation sites (N-methyl/N-ethyl adjacent to an activating group) is 1. The van der Waals surface area contributed by atoms with Crippen molar-refractivity contribution in [1.82, 2.24) is 10.3 Å². The van der Waals surface area contributed by atoms with Crippen LogP contribution in [0.3, 0.4) is 0 Å². The maximum absolute atomic E-state index is 14.0. The van der Waals surface area contributed by atoms with Crippen LogP contribution in [-0.2, 0) is 6.42 Å². The molecule has 0 aliphatic rings. The van der Waals surface area contributed by atoms with Gasteiger partial charge in [-0.15, -0.1) is 0 Å². The normalized spacial score (nSPS) is 12.4. The van der Waals surface area contributed by atoms with Gasteiger partial charge in [-0.3, -0.25) is 4.98 Å². The molecule has 0 fully saturated rings. The van der Waals surface area contributed by atoms with E-state index in [0.717, 1.165) is 17.8 Å². The summed E-state index contributed by atoms with van der Waals surface area (Å²) in [6.07, 6.45) is 2.31. The molecule has 1 N–H and O–H groups in total. The van der Waals surface area contributed by atoms with Gasteiger partial charge in [-0.2, -0.15) is 0 Å². The van der Waals surface area contributed by atoms with Gasteiger partial charge in [-0.25, -0.2) is 4.39 Å². The van der Waals surface area contributed by atoms with Gasteiger partial charge >= 0.3 is 0 Å². The minimum atomic E-state index is -0.343. The lowest BCUT2D eigenvalue weighted by atomic mass is 10.0. The third-order valence-corrected chi connectivity index (χ3v) is 3.49. The summed E-state index contributed by atoms with van der Waals surface area (Å²) in [6.45, 7) is 4.84. The molecule has 0 radical (unpaired) electrons. The smallest absolute Gasteiger partial charge is 0.145 e. The Kier molecular flexibility index (Phi) is 5.10. The third-order valence-electron chi connectivity index (χ3n) is 3.20. The molecule has 1 atom stereocenters. The molecule has 1 aromatic carbocycles. The molecule has 0 saturated carbocycles. The van der Waals surface area contributed by atoms with Gasteiger partial charge in [-0.05, 0) is 49.2 Å². The molecule has 4 heteroatoms. The Balaban J connectivity index is 2.28. The number of hydrogen-bond acceptors (Lipinski definition) is 2. The molecule has 0 amide bonds. The number of halogens is 2. The third kappa shape index (κ3) is 3.56. The van der Waals surface area contributed by atoms with Crippen molar-refractivity contribution < 1.29 is 4.39 Å². The van der Waals surface area contributed by atoms with Crippen LogP contribution in [0.15, 0.2) is 36.5 Å². The largest absolute Gasteiger partial charge is 0.309 e. The highest BCUT2D eigenvalue weighted by Crippen LogP contribution is 2.23. The number of pyridine rings is 1. The molecule has 1 aromatic heterocycles. The Labute approximate surface area is 124 Å². The van der Waals surface area contributed by atoms with Crippen LogP contribution in [0.4, 0.5) is 4.39 Å². The average Bonchev–Trinajstić information content (AvgIpc) is 2.43. The van der Waals surface area contributed by atoms with Crippen molar-refractivity contribution in [3.8, 4) is 0 Å². The van der Waals surface area contributed by atoms with Gasteiger partial charge in [0, 0.05) is 6.20 Å². The summed E-state index contributed by atoms with van der Waals surface area (Å²) in [4.78, 5) is 4.39. The fourth-order valence-corrected chi connectivity index (χ4v) is 2.40. The summed E-state index contributed by atoms with van der Waals surface area (Å²) < 4.78 is 14.0. The van der Waals surface area contributed by atoms with E-state index in [4.69, 9.17) is 11.6 Å². The van der Waals surface area contributed by atoms with E-state index in [1.807, 2.05) is 26.0 Å². The van der Waals surface area contributed by atoms with Crippen molar-refractivity contribution in [1.29, 1.82) is 0 Å². The van der Waals surface area contributed by atoms with Crippen molar-refractivity contribution in [2.75, 3.05) is 6.54 Å². The van der Waals surface area contributed by atoms with E-state index in [-0.39, 0.29) is 16.9 Å². The summed E-state index contributed by atoms with van der Waals surface area (Å²) in [5.74, 6) is -0.343. The Bertz CT molecular complexity index is 586. The van der Waals surface area contributed by atoms with Crippen molar-refractivity contribution in [2.45, 2.75) is 26.3 Å². The molecule has 0 saturated heterocycles. The van der Waals surface area contributed by atoms with Crippen LogP contribution in [0.1, 0.15) is 29.8 Å². The van der Waals surface area contributed by atoms with Gasteiger partial charge in [0.15, 0.2) is 0 Å².